The Morgan fingerprint density at radius 3 is 2.65 bits per heavy atom. The largest absolute Gasteiger partial charge is 0.393 e. The highest BCUT2D eigenvalue weighted by Gasteiger charge is 2.21. The number of methoxy groups -OCH3 is 1. The normalized spacial score (nSPS) is 11.8. The Kier molecular flexibility index (Phi) is 7.84. The highest BCUT2D eigenvalue weighted by atomic mass is 32.1. The van der Waals surface area contributed by atoms with Gasteiger partial charge in [0.15, 0.2) is 0 Å². The quantitative estimate of drug-likeness (QED) is 0.537. The lowest BCUT2D eigenvalue weighted by Crippen LogP contribution is -2.39. The summed E-state index contributed by atoms with van der Waals surface area (Å²) < 4.78 is 4.96. The minimum Gasteiger partial charge on any atom is -0.393 e. The van der Waals surface area contributed by atoms with Crippen LogP contribution < -0.4 is 11.1 Å². The summed E-state index contributed by atoms with van der Waals surface area (Å²) in [4.78, 5) is 12.4. The summed E-state index contributed by atoms with van der Waals surface area (Å²) in [6, 6.07) is 9.76. The number of carbonyl (C=O) groups is 1. The average molecular weight is 294 g/mol. The summed E-state index contributed by atoms with van der Waals surface area (Å²) in [7, 11) is 1.67. The number of hydrogen-bond donors (Lipinski definition) is 2. The molecule has 0 aliphatic rings. The second-order valence-electron chi connectivity index (χ2n) is 4.64. The van der Waals surface area contributed by atoms with Gasteiger partial charge in [0.05, 0.1) is 10.9 Å². The van der Waals surface area contributed by atoms with E-state index < -0.39 is 5.92 Å². The Balaban J connectivity index is 2.45. The molecule has 0 aliphatic heterocycles. The molecule has 0 spiro atoms. The zero-order chi connectivity index (χ0) is 14.8. The van der Waals surface area contributed by atoms with Crippen molar-refractivity contribution in [2.24, 2.45) is 11.7 Å². The molecular formula is C15H22N2O2S. The molecule has 0 radical (unpaired) electrons. The van der Waals surface area contributed by atoms with E-state index in [2.05, 4.69) is 5.32 Å². The summed E-state index contributed by atoms with van der Waals surface area (Å²) in [6.45, 7) is 1.33. The van der Waals surface area contributed by atoms with Crippen molar-refractivity contribution in [1.29, 1.82) is 0 Å². The monoisotopic (exact) mass is 294 g/mol. The maximum atomic E-state index is 12.1. The Bertz CT molecular complexity index is 423. The molecule has 0 aliphatic carbocycles. The summed E-state index contributed by atoms with van der Waals surface area (Å²) in [5.74, 6) is -0.548. The Morgan fingerprint density at radius 2 is 2.05 bits per heavy atom. The minimum atomic E-state index is -0.449. The number of benzene rings is 1. The first kappa shape index (κ1) is 16.6. The number of thiocarbonyl (C=S) groups is 1. The van der Waals surface area contributed by atoms with Crippen molar-refractivity contribution in [1.82, 2.24) is 5.32 Å². The third kappa shape index (κ3) is 6.12. The molecule has 4 nitrogen and oxygen atoms in total. The first-order valence-corrected chi connectivity index (χ1v) is 7.16. The lowest BCUT2D eigenvalue weighted by Gasteiger charge is -2.15. The summed E-state index contributed by atoms with van der Waals surface area (Å²) in [6.07, 6.45) is 2.35. The molecule has 1 unspecified atom stereocenters. The van der Waals surface area contributed by atoms with Crippen molar-refractivity contribution in [3.8, 4) is 0 Å². The van der Waals surface area contributed by atoms with E-state index in [1.165, 1.54) is 0 Å². The van der Waals surface area contributed by atoms with Gasteiger partial charge in [-0.1, -0.05) is 42.5 Å². The lowest BCUT2D eigenvalue weighted by molar-refractivity contribution is -0.123. The predicted molar refractivity (Wildman–Crippen MR) is 84.5 cm³/mol. The van der Waals surface area contributed by atoms with Gasteiger partial charge in [0.25, 0.3) is 0 Å². The van der Waals surface area contributed by atoms with Crippen LogP contribution in [0, 0.1) is 5.92 Å². The molecule has 1 aromatic rings. The zero-order valence-electron chi connectivity index (χ0n) is 11.8. The summed E-state index contributed by atoms with van der Waals surface area (Å²) in [5, 5.41) is 2.88. The van der Waals surface area contributed by atoms with E-state index in [1.807, 2.05) is 30.3 Å². The van der Waals surface area contributed by atoms with Gasteiger partial charge in [-0.2, -0.15) is 0 Å². The predicted octanol–water partition coefficient (Wildman–Crippen LogP) is 1.67. The number of nitrogens with one attached hydrogen (secondary N) is 1. The number of hydrogen-bond acceptors (Lipinski definition) is 3. The maximum absolute atomic E-state index is 12.1. The van der Waals surface area contributed by atoms with Crippen LogP contribution >= 0.6 is 12.2 Å². The third-order valence-corrected chi connectivity index (χ3v) is 3.30. The molecule has 1 aromatic carbocycles. The number of unbranched alkanes of at least 4 members (excludes halogenated alkanes) is 1. The van der Waals surface area contributed by atoms with Crippen LogP contribution in [0.15, 0.2) is 30.3 Å². The van der Waals surface area contributed by atoms with Crippen LogP contribution in [0.3, 0.4) is 0 Å². The molecule has 20 heavy (non-hydrogen) atoms. The number of nitrogens with two attached hydrogens (primary N) is 1. The van der Waals surface area contributed by atoms with Gasteiger partial charge < -0.3 is 15.8 Å². The number of ether oxygens (including phenoxy) is 1. The molecule has 5 heteroatoms. The highest BCUT2D eigenvalue weighted by Crippen LogP contribution is 2.09. The van der Waals surface area contributed by atoms with Crippen molar-refractivity contribution in [3.63, 3.8) is 0 Å². The van der Waals surface area contributed by atoms with E-state index in [0.29, 0.717) is 19.6 Å². The smallest absolute Gasteiger partial charge is 0.230 e. The van der Waals surface area contributed by atoms with Gasteiger partial charge in [0.1, 0.15) is 0 Å². The van der Waals surface area contributed by atoms with E-state index in [0.717, 1.165) is 18.4 Å². The van der Waals surface area contributed by atoms with E-state index in [1.54, 1.807) is 7.11 Å². The topological polar surface area (TPSA) is 64.3 Å². The molecular weight excluding hydrogens is 272 g/mol. The Morgan fingerprint density at radius 1 is 1.35 bits per heavy atom. The van der Waals surface area contributed by atoms with Crippen LogP contribution in [0.2, 0.25) is 0 Å². The SMILES string of the molecule is COCCCCNC(=O)C(Cc1ccccc1)C(N)=S. The second-order valence-corrected chi connectivity index (χ2v) is 5.11. The van der Waals surface area contributed by atoms with Gasteiger partial charge >= 0.3 is 0 Å². The maximum Gasteiger partial charge on any atom is 0.230 e. The molecule has 1 atom stereocenters. The van der Waals surface area contributed by atoms with Crippen molar-refractivity contribution in [2.45, 2.75) is 19.3 Å². The van der Waals surface area contributed by atoms with Crippen LogP contribution in [-0.4, -0.2) is 31.2 Å². The lowest BCUT2D eigenvalue weighted by atomic mass is 9.98. The molecule has 3 N–H and O–H groups in total. The Hall–Kier alpha value is -1.46. The fraction of sp³-hybridized carbons (Fsp3) is 0.467. The molecule has 110 valence electrons. The fourth-order valence-electron chi connectivity index (χ4n) is 1.88. The first-order valence-electron chi connectivity index (χ1n) is 6.75. The van der Waals surface area contributed by atoms with Crippen LogP contribution in [-0.2, 0) is 16.0 Å². The number of carbonyl (C=O) groups excluding carboxylic acids is 1. The molecule has 0 aromatic heterocycles. The van der Waals surface area contributed by atoms with Crippen molar-refractivity contribution in [3.05, 3.63) is 35.9 Å². The van der Waals surface area contributed by atoms with Gasteiger partial charge in [0, 0.05) is 20.3 Å². The van der Waals surface area contributed by atoms with Gasteiger partial charge in [0.2, 0.25) is 5.91 Å². The summed E-state index contributed by atoms with van der Waals surface area (Å²) >= 11 is 5.01. The molecule has 0 bridgehead atoms. The van der Waals surface area contributed by atoms with Crippen molar-refractivity contribution < 1.29 is 9.53 Å². The first-order chi connectivity index (χ1) is 9.65. The van der Waals surface area contributed by atoms with E-state index in [4.69, 9.17) is 22.7 Å². The standard InChI is InChI=1S/C15H22N2O2S/c1-19-10-6-5-9-17-15(18)13(14(16)20)11-12-7-3-2-4-8-12/h2-4,7-8,13H,5-6,9-11H2,1H3,(H2,16,20)(H,17,18). The zero-order valence-corrected chi connectivity index (χ0v) is 12.6. The highest BCUT2D eigenvalue weighted by molar-refractivity contribution is 7.80. The molecule has 0 saturated heterocycles. The van der Waals surface area contributed by atoms with E-state index in [9.17, 15) is 4.79 Å². The fourth-order valence-corrected chi connectivity index (χ4v) is 2.07. The molecule has 1 rings (SSSR count). The molecule has 0 saturated carbocycles. The van der Waals surface area contributed by atoms with E-state index >= 15 is 0 Å². The molecule has 0 fully saturated rings. The average Bonchev–Trinajstić information content (AvgIpc) is 2.45. The number of amides is 1. The van der Waals surface area contributed by atoms with Crippen LogP contribution in [0.1, 0.15) is 18.4 Å². The van der Waals surface area contributed by atoms with Crippen LogP contribution in [0.5, 0.6) is 0 Å². The van der Waals surface area contributed by atoms with Gasteiger partial charge in [-0.05, 0) is 24.8 Å². The van der Waals surface area contributed by atoms with Gasteiger partial charge in [-0.15, -0.1) is 0 Å². The van der Waals surface area contributed by atoms with Gasteiger partial charge in [-0.25, -0.2) is 0 Å². The van der Waals surface area contributed by atoms with Crippen LogP contribution in [0.4, 0.5) is 0 Å². The number of rotatable bonds is 9. The van der Waals surface area contributed by atoms with Gasteiger partial charge in [-0.3, -0.25) is 4.79 Å². The summed E-state index contributed by atoms with van der Waals surface area (Å²) in [5.41, 5.74) is 6.74. The Labute approximate surface area is 125 Å². The molecule has 0 heterocycles. The van der Waals surface area contributed by atoms with Crippen molar-refractivity contribution >= 4 is 23.1 Å². The molecule has 1 amide bonds. The third-order valence-electron chi connectivity index (χ3n) is 3.02. The second kappa shape index (κ2) is 9.44. The van der Waals surface area contributed by atoms with Crippen molar-refractivity contribution in [2.75, 3.05) is 20.3 Å². The van der Waals surface area contributed by atoms with E-state index in [-0.39, 0.29) is 10.9 Å². The minimum absolute atomic E-state index is 0.0984. The van der Waals surface area contributed by atoms with Crippen LogP contribution in [0.25, 0.3) is 0 Å².